The number of nitrogen functional groups attached to an aromatic ring is 1. The average Bonchev–Trinajstić information content (AvgIpc) is 3.34. The van der Waals surface area contributed by atoms with Crippen molar-refractivity contribution in [1.82, 2.24) is 25.2 Å². The lowest BCUT2D eigenvalue weighted by atomic mass is 10.0. The Morgan fingerprint density at radius 2 is 1.01 bits per heavy atom. The first-order chi connectivity index (χ1) is 35.7. The van der Waals surface area contributed by atoms with E-state index < -0.39 is 70.4 Å². The van der Waals surface area contributed by atoms with Crippen LogP contribution in [0.4, 0.5) is 50.9 Å². The lowest BCUT2D eigenvalue weighted by Gasteiger charge is -2.33. The molecule has 0 aliphatic carbocycles. The number of amides is 4. The van der Waals surface area contributed by atoms with Crippen LogP contribution >= 0.6 is 0 Å². The fourth-order valence-corrected chi connectivity index (χ4v) is 7.69. The first-order valence-electron chi connectivity index (χ1n) is 21.9. The Morgan fingerprint density at radius 1 is 0.623 bits per heavy atom. The predicted octanol–water partition coefficient (Wildman–Crippen LogP) is 3.31. The maximum atomic E-state index is 14.2. The van der Waals surface area contributed by atoms with Crippen molar-refractivity contribution in [2.75, 3.05) is 49.9 Å². The number of anilines is 2. The van der Waals surface area contributed by atoms with Crippen LogP contribution in [0.5, 0.6) is 0 Å². The molecule has 4 aromatic carbocycles. The van der Waals surface area contributed by atoms with Crippen molar-refractivity contribution in [3.05, 3.63) is 125 Å². The molecule has 6 aliphatic heterocycles. The summed E-state index contributed by atoms with van der Waals surface area (Å²) in [6.07, 6.45) is -15.3. The Labute approximate surface area is 431 Å². The molecule has 6 bridgehead atoms. The van der Waals surface area contributed by atoms with Crippen molar-refractivity contribution in [3.8, 4) is 0 Å². The van der Waals surface area contributed by atoms with Gasteiger partial charge in [-0.15, -0.1) is 0 Å². The van der Waals surface area contributed by atoms with Crippen LogP contribution < -0.4 is 31.7 Å². The van der Waals surface area contributed by atoms with Gasteiger partial charge in [0.05, 0.1) is 18.0 Å². The van der Waals surface area contributed by atoms with Gasteiger partial charge in [-0.05, 0) is 59.5 Å². The molecule has 11 N–H and O–H groups in total. The number of hydrogen-bond donors (Lipinski definition) is 10. The van der Waals surface area contributed by atoms with Gasteiger partial charge in [0.15, 0.2) is 0 Å². The summed E-state index contributed by atoms with van der Waals surface area (Å²) in [5, 5.41) is 40.5. The standard InChI is InChI=1S/C40H45N9O6S.3C2HF3O2/c41-38(42)30-12-6-29(7-13-30)24-43-39(52)34-22-27-8-14-31(15-9-27)44-36(50)25-48-18-20-49(21-19-48)26-37(51)45-32-16-10-28(11-17-32)23-35(40(53)46-34)47-56(54,55)33-4-2-1-3-5-33;3*3-2(4,5)1(6)7/h1-17,34-35,47H,18-26H2,(H3,41,42)(H,43,52)(H,44,50)(H,45,51)(H,46,53);3*(H,6,7)/t34-,35+;;;/m0.../s1. The van der Waals surface area contributed by atoms with E-state index in [4.69, 9.17) is 40.8 Å². The summed E-state index contributed by atoms with van der Waals surface area (Å²) in [5.74, 6) is -9.99. The fourth-order valence-electron chi connectivity index (χ4n) is 6.47. The molecule has 1 saturated heterocycles. The van der Waals surface area contributed by atoms with Gasteiger partial charge in [0, 0.05) is 56.1 Å². The Kier molecular flexibility index (Phi) is 23.0. The van der Waals surface area contributed by atoms with E-state index in [0.717, 1.165) is 5.56 Å². The molecule has 0 radical (unpaired) electrons. The van der Waals surface area contributed by atoms with Gasteiger partial charge in [0.1, 0.15) is 17.9 Å². The minimum atomic E-state index is -5.08. The molecule has 4 aromatic rings. The zero-order chi connectivity index (χ0) is 57.9. The van der Waals surface area contributed by atoms with Crippen molar-refractivity contribution in [2.45, 2.75) is 54.9 Å². The number of nitrogens with zero attached hydrogens (tertiary/aromatic N) is 2. The number of benzene rings is 4. The van der Waals surface area contributed by atoms with Crippen molar-refractivity contribution < 1.29 is 96.8 Å². The third-order valence-electron chi connectivity index (χ3n) is 10.3. The second-order valence-electron chi connectivity index (χ2n) is 16.2. The van der Waals surface area contributed by atoms with E-state index in [-0.39, 0.29) is 55.0 Å². The molecule has 0 spiro atoms. The van der Waals surface area contributed by atoms with Crippen LogP contribution in [0.25, 0.3) is 0 Å². The van der Waals surface area contributed by atoms with Gasteiger partial charge in [-0.2, -0.15) is 44.2 Å². The smallest absolute Gasteiger partial charge is 0.475 e. The van der Waals surface area contributed by atoms with E-state index in [9.17, 15) is 67.1 Å². The lowest BCUT2D eigenvalue weighted by Crippen LogP contribution is -2.55. The second-order valence-corrected chi connectivity index (χ2v) is 17.9. The monoisotopic (exact) mass is 1120 g/mol. The normalized spacial score (nSPS) is 18.3. The second kappa shape index (κ2) is 28.1. The molecule has 31 heteroatoms. The van der Waals surface area contributed by atoms with Gasteiger partial charge in [0.25, 0.3) is 0 Å². The molecule has 0 saturated carbocycles. The Morgan fingerprint density at radius 3 is 1.39 bits per heavy atom. The number of alkyl halides is 9. The number of amidine groups is 1. The number of carbonyl (C=O) groups is 7. The highest BCUT2D eigenvalue weighted by Gasteiger charge is 2.39. The van der Waals surface area contributed by atoms with Crippen molar-refractivity contribution in [2.24, 2.45) is 5.73 Å². The SMILES string of the molecule is N=C(N)c1ccc(CNC(=O)[C@@H]2Cc3ccc(cc3)NC(=O)CN3CCN(CC3)CC(=O)Nc3ccc(cc3)C[C@@H](NS(=O)(=O)c3ccccc3)C(=O)N2)cc1.O=C(O)C(F)(F)F.O=C(O)C(F)(F)F.O=C(O)C(F)(F)F. The number of piperazine rings is 1. The number of carboxylic acids is 3. The summed E-state index contributed by atoms with van der Waals surface area (Å²) in [6.45, 7) is 2.98. The summed E-state index contributed by atoms with van der Waals surface area (Å²) >= 11 is 0. The zero-order valence-corrected chi connectivity index (χ0v) is 40.4. The van der Waals surface area contributed by atoms with Crippen LogP contribution in [0.1, 0.15) is 22.3 Å². The van der Waals surface area contributed by atoms with Gasteiger partial charge < -0.3 is 42.3 Å². The molecule has 0 aromatic heterocycles. The minimum absolute atomic E-state index is 0.0331. The van der Waals surface area contributed by atoms with Crippen LogP contribution in [0.3, 0.4) is 0 Å². The van der Waals surface area contributed by atoms with Crippen molar-refractivity contribution in [1.29, 1.82) is 5.41 Å². The zero-order valence-electron chi connectivity index (χ0n) is 39.6. The Bertz CT molecular complexity index is 2740. The summed E-state index contributed by atoms with van der Waals surface area (Å²) in [4.78, 5) is 84.5. The number of fused-ring (bicyclic) bond motifs is 1. The molecule has 6 aliphatic rings. The number of carbonyl (C=O) groups excluding carboxylic acids is 4. The molecule has 418 valence electrons. The molecule has 4 amide bonds. The van der Waals surface area contributed by atoms with Gasteiger partial charge in [-0.1, -0.05) is 66.7 Å². The highest BCUT2D eigenvalue weighted by molar-refractivity contribution is 7.89. The topological polar surface area (TPSA) is 331 Å². The molecule has 77 heavy (non-hydrogen) atoms. The fraction of sp³-hybridized carbons (Fsp3) is 0.304. The number of nitrogens with one attached hydrogen (secondary N) is 6. The number of carboxylic acid groups (broad SMARTS) is 3. The predicted molar refractivity (Wildman–Crippen MR) is 253 cm³/mol. The number of aliphatic carboxylic acids is 3. The number of sulfonamides is 1. The Balaban J connectivity index is 0.000000624. The van der Waals surface area contributed by atoms with E-state index >= 15 is 0 Å². The van der Waals surface area contributed by atoms with Gasteiger partial charge in [-0.3, -0.25) is 34.4 Å². The maximum Gasteiger partial charge on any atom is 0.490 e. The van der Waals surface area contributed by atoms with Gasteiger partial charge in [-0.25, -0.2) is 22.8 Å². The van der Waals surface area contributed by atoms with E-state index in [1.165, 1.54) is 12.1 Å². The highest BCUT2D eigenvalue weighted by atomic mass is 32.2. The molecular weight excluding hydrogens is 1070 g/mol. The third kappa shape index (κ3) is 22.7. The maximum absolute atomic E-state index is 14.2. The van der Waals surface area contributed by atoms with Crippen LogP contribution in [0.2, 0.25) is 0 Å². The first-order valence-corrected chi connectivity index (χ1v) is 23.4. The molecular formula is C46H48F9N9O12S. The summed E-state index contributed by atoms with van der Waals surface area (Å²) in [5.41, 5.74) is 9.22. The van der Waals surface area contributed by atoms with Crippen LogP contribution in [-0.4, -0.2) is 151 Å². The molecule has 10 rings (SSSR count). The van der Waals surface area contributed by atoms with E-state index in [0.29, 0.717) is 54.2 Å². The minimum Gasteiger partial charge on any atom is -0.475 e. The molecule has 2 atom stereocenters. The largest absolute Gasteiger partial charge is 0.490 e. The van der Waals surface area contributed by atoms with E-state index in [1.54, 1.807) is 91.0 Å². The number of halogens is 9. The number of rotatable bonds is 7. The van der Waals surface area contributed by atoms with Gasteiger partial charge >= 0.3 is 36.4 Å². The Hall–Kier alpha value is -8.16. The lowest BCUT2D eigenvalue weighted by molar-refractivity contribution is -0.193. The number of nitrogens with two attached hydrogens (primary N) is 1. The average molecular weight is 1120 g/mol. The quantitative estimate of drug-likeness (QED) is 0.0721. The van der Waals surface area contributed by atoms with E-state index in [2.05, 4.69) is 26.0 Å². The molecule has 21 nitrogen and oxygen atoms in total. The third-order valence-corrected chi connectivity index (χ3v) is 11.8. The molecule has 0 unspecified atom stereocenters. The van der Waals surface area contributed by atoms with E-state index in [1.807, 2.05) is 9.80 Å². The first kappa shape index (κ1) is 63.1. The van der Waals surface area contributed by atoms with Gasteiger partial charge in [0.2, 0.25) is 33.7 Å². The van der Waals surface area contributed by atoms with Crippen molar-refractivity contribution in [3.63, 3.8) is 0 Å². The van der Waals surface area contributed by atoms with Crippen LogP contribution in [0, 0.1) is 5.41 Å². The number of hydrogen-bond acceptors (Lipinski definition) is 12. The van der Waals surface area contributed by atoms with Crippen molar-refractivity contribution >= 4 is 68.8 Å². The summed E-state index contributed by atoms with van der Waals surface area (Å²) in [7, 11) is -4.18. The summed E-state index contributed by atoms with van der Waals surface area (Å²) in [6, 6.07) is 25.7. The highest BCUT2D eigenvalue weighted by Crippen LogP contribution is 2.18. The molecule has 1 fully saturated rings. The summed E-state index contributed by atoms with van der Waals surface area (Å²) < 4.78 is 125. The molecule has 6 heterocycles. The van der Waals surface area contributed by atoms with Crippen LogP contribution in [0.15, 0.2) is 108 Å². The van der Waals surface area contributed by atoms with Crippen LogP contribution in [-0.2, 0) is 63.0 Å².